The van der Waals surface area contributed by atoms with Crippen molar-refractivity contribution in [2.24, 2.45) is 0 Å². The highest BCUT2D eigenvalue weighted by Gasteiger charge is 2.21. The normalized spacial score (nSPS) is 18.1. The van der Waals surface area contributed by atoms with Gasteiger partial charge < -0.3 is 4.98 Å². The molecule has 0 aromatic carbocycles. The van der Waals surface area contributed by atoms with Crippen molar-refractivity contribution >= 4 is 10.0 Å². The lowest BCUT2D eigenvalue weighted by molar-refractivity contribution is 0.200. The number of hydrogen-bond donors (Lipinski definition) is 2. The van der Waals surface area contributed by atoms with Gasteiger partial charge in [0, 0.05) is 31.5 Å². The van der Waals surface area contributed by atoms with E-state index in [4.69, 9.17) is 0 Å². The van der Waals surface area contributed by atoms with Crippen LogP contribution in [0.15, 0.2) is 28.2 Å². The number of sulfonamides is 1. The van der Waals surface area contributed by atoms with Crippen LogP contribution in [0.4, 0.5) is 0 Å². The Morgan fingerprint density at radius 3 is 2.59 bits per heavy atom. The van der Waals surface area contributed by atoms with Crippen LogP contribution >= 0.6 is 0 Å². The Morgan fingerprint density at radius 1 is 1.24 bits per heavy atom. The fourth-order valence-electron chi connectivity index (χ4n) is 1.82. The monoisotopic (exact) mass is 257 g/mol. The summed E-state index contributed by atoms with van der Waals surface area (Å²) >= 11 is 0. The van der Waals surface area contributed by atoms with Crippen molar-refractivity contribution in [1.82, 2.24) is 14.8 Å². The number of hydrogen-bond acceptors (Lipinski definition) is 4. The van der Waals surface area contributed by atoms with Crippen LogP contribution < -0.4 is 10.3 Å². The number of hydrazine groups is 1. The van der Waals surface area contributed by atoms with Gasteiger partial charge in [-0.3, -0.25) is 4.79 Å². The molecule has 1 aliphatic heterocycles. The standard InChI is InChI=1S/C10H15N3O3S/c14-9-4-5-11-8-10(9)17(15,16)12-13-6-2-1-3-7-13/h4-5,8,12H,1-3,6-7H2,(H,11,14). The predicted molar refractivity (Wildman–Crippen MR) is 62.8 cm³/mol. The summed E-state index contributed by atoms with van der Waals surface area (Å²) in [6.45, 7) is 1.37. The van der Waals surface area contributed by atoms with Gasteiger partial charge in [0.1, 0.15) is 4.90 Å². The Morgan fingerprint density at radius 2 is 1.94 bits per heavy atom. The average molecular weight is 257 g/mol. The van der Waals surface area contributed by atoms with Gasteiger partial charge in [-0.05, 0) is 12.8 Å². The fraction of sp³-hybridized carbons (Fsp3) is 0.500. The van der Waals surface area contributed by atoms with Crippen LogP contribution in [0.2, 0.25) is 0 Å². The number of pyridine rings is 1. The lowest BCUT2D eigenvalue weighted by Gasteiger charge is -2.26. The first-order chi connectivity index (χ1) is 8.09. The summed E-state index contributed by atoms with van der Waals surface area (Å²) in [6.07, 6.45) is 5.66. The molecule has 94 valence electrons. The summed E-state index contributed by atoms with van der Waals surface area (Å²) in [5, 5.41) is 1.64. The summed E-state index contributed by atoms with van der Waals surface area (Å²) in [5.74, 6) is 0. The molecular formula is C10H15N3O3S. The average Bonchev–Trinajstić information content (AvgIpc) is 2.30. The van der Waals surface area contributed by atoms with E-state index in [0.29, 0.717) is 13.1 Å². The van der Waals surface area contributed by atoms with E-state index in [2.05, 4.69) is 9.82 Å². The van der Waals surface area contributed by atoms with Crippen molar-refractivity contribution in [3.8, 4) is 0 Å². The second kappa shape index (κ2) is 4.99. The molecule has 2 heterocycles. The van der Waals surface area contributed by atoms with Gasteiger partial charge in [-0.15, -0.1) is 4.83 Å². The Kier molecular flexibility index (Phi) is 3.60. The summed E-state index contributed by atoms with van der Waals surface area (Å²) in [6, 6.07) is 1.20. The van der Waals surface area contributed by atoms with Gasteiger partial charge in [0.15, 0.2) is 0 Å². The number of H-pyrrole nitrogens is 1. The Bertz CT molecular complexity index is 532. The van der Waals surface area contributed by atoms with E-state index in [1.54, 1.807) is 5.01 Å². The number of aromatic amines is 1. The van der Waals surface area contributed by atoms with E-state index in [1.165, 1.54) is 18.5 Å². The highest BCUT2D eigenvalue weighted by atomic mass is 32.2. The summed E-state index contributed by atoms with van der Waals surface area (Å²) < 4.78 is 23.9. The van der Waals surface area contributed by atoms with E-state index in [1.807, 2.05) is 0 Å². The lowest BCUT2D eigenvalue weighted by Crippen LogP contribution is -2.45. The highest BCUT2D eigenvalue weighted by molar-refractivity contribution is 7.89. The first-order valence-electron chi connectivity index (χ1n) is 5.54. The van der Waals surface area contributed by atoms with Crippen molar-refractivity contribution in [2.75, 3.05) is 13.1 Å². The zero-order chi connectivity index (χ0) is 12.3. The molecule has 0 aliphatic carbocycles. The third-order valence-corrected chi connectivity index (χ3v) is 4.08. The minimum Gasteiger partial charge on any atom is -0.366 e. The van der Waals surface area contributed by atoms with Crippen molar-refractivity contribution < 1.29 is 8.42 Å². The van der Waals surface area contributed by atoms with Crippen LogP contribution in [0, 0.1) is 0 Å². The minimum atomic E-state index is -3.76. The lowest BCUT2D eigenvalue weighted by atomic mass is 10.2. The Labute approximate surface area is 99.7 Å². The van der Waals surface area contributed by atoms with Crippen LogP contribution in [-0.4, -0.2) is 31.5 Å². The molecule has 1 aromatic rings. The van der Waals surface area contributed by atoms with E-state index in [0.717, 1.165) is 19.3 Å². The molecule has 0 amide bonds. The van der Waals surface area contributed by atoms with Crippen molar-refractivity contribution in [3.05, 3.63) is 28.7 Å². The number of nitrogens with one attached hydrogen (secondary N) is 2. The molecule has 1 saturated heterocycles. The first-order valence-corrected chi connectivity index (χ1v) is 7.02. The maximum atomic E-state index is 11.9. The fourth-order valence-corrected chi connectivity index (χ4v) is 2.99. The molecule has 7 heteroatoms. The zero-order valence-electron chi connectivity index (χ0n) is 9.35. The van der Waals surface area contributed by atoms with Gasteiger partial charge in [-0.1, -0.05) is 6.42 Å². The zero-order valence-corrected chi connectivity index (χ0v) is 10.2. The molecule has 1 aliphatic rings. The van der Waals surface area contributed by atoms with Gasteiger partial charge in [0.05, 0.1) is 0 Å². The van der Waals surface area contributed by atoms with Gasteiger partial charge in [-0.2, -0.15) is 0 Å². The summed E-state index contributed by atoms with van der Waals surface area (Å²) in [4.78, 5) is 16.3. The van der Waals surface area contributed by atoms with Gasteiger partial charge in [0.25, 0.3) is 10.0 Å². The molecule has 0 saturated carbocycles. The van der Waals surface area contributed by atoms with E-state index in [-0.39, 0.29) is 4.90 Å². The molecule has 6 nitrogen and oxygen atoms in total. The molecule has 0 radical (unpaired) electrons. The molecule has 0 spiro atoms. The number of rotatable bonds is 3. The molecule has 0 atom stereocenters. The molecule has 1 fully saturated rings. The Hall–Kier alpha value is -1.18. The van der Waals surface area contributed by atoms with E-state index < -0.39 is 15.5 Å². The largest absolute Gasteiger partial charge is 0.366 e. The first kappa shape index (κ1) is 12.3. The quantitative estimate of drug-likeness (QED) is 0.802. The molecule has 17 heavy (non-hydrogen) atoms. The maximum Gasteiger partial charge on any atom is 0.258 e. The van der Waals surface area contributed by atoms with Crippen LogP contribution in [0.3, 0.4) is 0 Å². The summed E-state index contributed by atoms with van der Waals surface area (Å²) in [5.41, 5.74) is -0.506. The molecule has 2 rings (SSSR count). The summed E-state index contributed by atoms with van der Waals surface area (Å²) in [7, 11) is -3.76. The smallest absolute Gasteiger partial charge is 0.258 e. The Balaban J connectivity index is 2.19. The molecule has 2 N–H and O–H groups in total. The third kappa shape index (κ3) is 2.93. The topological polar surface area (TPSA) is 82.3 Å². The van der Waals surface area contributed by atoms with Gasteiger partial charge >= 0.3 is 0 Å². The predicted octanol–water partition coefficient (Wildman–Crippen LogP) is 0.0541. The van der Waals surface area contributed by atoms with Crippen molar-refractivity contribution in [3.63, 3.8) is 0 Å². The third-order valence-electron chi connectivity index (χ3n) is 2.68. The van der Waals surface area contributed by atoms with Crippen molar-refractivity contribution in [2.45, 2.75) is 24.2 Å². The molecular weight excluding hydrogens is 242 g/mol. The van der Waals surface area contributed by atoms with Crippen LogP contribution in [-0.2, 0) is 10.0 Å². The van der Waals surface area contributed by atoms with Gasteiger partial charge in [0.2, 0.25) is 5.43 Å². The van der Waals surface area contributed by atoms with Crippen molar-refractivity contribution in [1.29, 1.82) is 0 Å². The minimum absolute atomic E-state index is 0.245. The van der Waals surface area contributed by atoms with Crippen LogP contribution in [0.1, 0.15) is 19.3 Å². The second-order valence-corrected chi connectivity index (χ2v) is 5.64. The number of nitrogens with zero attached hydrogens (tertiary/aromatic N) is 1. The molecule has 1 aromatic heterocycles. The second-order valence-electron chi connectivity index (χ2n) is 4.02. The molecule has 0 unspecified atom stereocenters. The van der Waals surface area contributed by atoms with Crippen LogP contribution in [0.25, 0.3) is 0 Å². The van der Waals surface area contributed by atoms with Crippen LogP contribution in [0.5, 0.6) is 0 Å². The maximum absolute atomic E-state index is 11.9. The van der Waals surface area contributed by atoms with Gasteiger partial charge in [-0.25, -0.2) is 13.4 Å². The number of piperidine rings is 1. The SMILES string of the molecule is O=c1cc[nH]cc1S(=O)(=O)NN1CCCCC1. The highest BCUT2D eigenvalue weighted by Crippen LogP contribution is 2.08. The van der Waals surface area contributed by atoms with E-state index >= 15 is 0 Å². The van der Waals surface area contributed by atoms with E-state index in [9.17, 15) is 13.2 Å². The molecule has 0 bridgehead atoms. The number of aromatic nitrogens is 1.